The largest absolute Gasteiger partial charge is 0.468 e. The van der Waals surface area contributed by atoms with Crippen LogP contribution in [0.5, 0.6) is 0 Å². The second-order valence-electron chi connectivity index (χ2n) is 6.72. The number of benzene rings is 1. The van der Waals surface area contributed by atoms with Crippen molar-refractivity contribution in [3.05, 3.63) is 27.7 Å². The van der Waals surface area contributed by atoms with Gasteiger partial charge in [0.1, 0.15) is 6.54 Å². The van der Waals surface area contributed by atoms with Crippen molar-refractivity contribution in [2.24, 2.45) is 5.41 Å². The first-order valence-electron chi connectivity index (χ1n) is 7.79. The van der Waals surface area contributed by atoms with E-state index in [2.05, 4.69) is 15.9 Å². The number of halogens is 1. The van der Waals surface area contributed by atoms with Crippen molar-refractivity contribution < 1.29 is 19.1 Å². The van der Waals surface area contributed by atoms with Crippen LogP contribution in [-0.4, -0.2) is 36.4 Å². The lowest BCUT2D eigenvalue weighted by molar-refractivity contribution is -0.139. The summed E-state index contributed by atoms with van der Waals surface area (Å²) >= 11 is 4.43. The zero-order valence-electron chi connectivity index (χ0n) is 15.4. The Balaban J connectivity index is 3.14. The molecule has 0 saturated carbocycles. The molecule has 0 saturated heterocycles. The third-order valence-corrected chi connectivity index (χ3v) is 5.72. The van der Waals surface area contributed by atoms with Gasteiger partial charge >= 0.3 is 5.97 Å². The van der Waals surface area contributed by atoms with Crippen molar-refractivity contribution in [1.82, 2.24) is 0 Å². The maximum Gasteiger partial charge on any atom is 0.325 e. The monoisotopic (exact) mass is 429 g/mol. The average Bonchev–Trinajstić information content (AvgIpc) is 2.53. The predicted octanol–water partition coefficient (Wildman–Crippen LogP) is 3.88. The van der Waals surface area contributed by atoms with Crippen LogP contribution in [0.4, 0.5) is 5.69 Å². The molecule has 1 aromatic carbocycles. The van der Waals surface area contributed by atoms with E-state index >= 15 is 0 Å². The molecule has 0 aromatic heterocycles. The van der Waals surface area contributed by atoms with Crippen LogP contribution in [0.1, 0.15) is 31.9 Å². The van der Waals surface area contributed by atoms with Crippen LogP contribution in [0.15, 0.2) is 16.6 Å². The van der Waals surface area contributed by atoms with Gasteiger partial charge < -0.3 is 4.74 Å². The molecule has 7 heteroatoms. The number of hydrogen-bond acceptors (Lipinski definition) is 5. The molecule has 1 amide bonds. The van der Waals surface area contributed by atoms with Crippen LogP contribution in [-0.2, 0) is 19.1 Å². The molecule has 0 atom stereocenters. The van der Waals surface area contributed by atoms with Crippen LogP contribution < -0.4 is 4.90 Å². The zero-order chi connectivity index (χ0) is 19.4. The Morgan fingerprint density at radius 2 is 1.80 bits per heavy atom. The summed E-state index contributed by atoms with van der Waals surface area (Å²) in [4.78, 5) is 38.1. The number of aryl methyl sites for hydroxylation is 1. The Hall–Kier alpha value is -1.34. The van der Waals surface area contributed by atoms with Gasteiger partial charge in [0.25, 0.3) is 0 Å². The number of esters is 1. The molecular formula is C18H24BrNO4S. The summed E-state index contributed by atoms with van der Waals surface area (Å²) in [5.74, 6) is -0.852. The molecule has 25 heavy (non-hydrogen) atoms. The summed E-state index contributed by atoms with van der Waals surface area (Å²) in [7, 11) is 1.28. The number of carbonyl (C=O) groups excluding carboxylic acids is 3. The number of nitrogens with zero attached hydrogens (tertiary/aromatic N) is 1. The molecule has 1 aromatic rings. The first-order valence-corrected chi connectivity index (χ1v) is 9.57. The summed E-state index contributed by atoms with van der Waals surface area (Å²) in [6, 6.07) is 3.77. The normalized spacial score (nSPS) is 11.2. The molecule has 0 aliphatic rings. The van der Waals surface area contributed by atoms with Crippen molar-refractivity contribution in [3.63, 3.8) is 0 Å². The Morgan fingerprint density at radius 3 is 2.32 bits per heavy atom. The van der Waals surface area contributed by atoms with Crippen molar-refractivity contribution in [3.8, 4) is 0 Å². The molecule has 5 nitrogen and oxygen atoms in total. The molecule has 1 rings (SSSR count). The van der Waals surface area contributed by atoms with E-state index in [1.165, 1.54) is 12.0 Å². The fourth-order valence-corrected chi connectivity index (χ4v) is 3.30. The minimum Gasteiger partial charge on any atom is -0.468 e. The molecule has 0 fully saturated rings. The molecule has 0 heterocycles. The highest BCUT2D eigenvalue weighted by Crippen LogP contribution is 2.31. The lowest BCUT2D eigenvalue weighted by Crippen LogP contribution is -2.39. The molecule has 0 aliphatic carbocycles. The quantitative estimate of drug-likeness (QED) is 0.664. The third-order valence-electron chi connectivity index (χ3n) is 3.59. The second-order valence-corrected chi connectivity index (χ2v) is 8.52. The number of thioether (sulfide) groups is 1. The zero-order valence-corrected chi connectivity index (χ0v) is 17.8. The van der Waals surface area contributed by atoms with Crippen molar-refractivity contribution in [2.45, 2.75) is 34.6 Å². The van der Waals surface area contributed by atoms with Gasteiger partial charge in [-0.3, -0.25) is 19.3 Å². The van der Waals surface area contributed by atoms with E-state index in [-0.39, 0.29) is 23.3 Å². The van der Waals surface area contributed by atoms with E-state index in [1.807, 2.05) is 46.8 Å². The summed E-state index contributed by atoms with van der Waals surface area (Å²) in [6.07, 6.45) is 0. The van der Waals surface area contributed by atoms with Crippen LogP contribution in [0, 0.1) is 19.3 Å². The van der Waals surface area contributed by atoms with Gasteiger partial charge in [-0.05, 0) is 31.0 Å². The van der Waals surface area contributed by atoms with Crippen LogP contribution in [0.25, 0.3) is 0 Å². The molecule has 0 spiro atoms. The van der Waals surface area contributed by atoms with Crippen molar-refractivity contribution in [2.75, 3.05) is 24.3 Å². The van der Waals surface area contributed by atoms with Crippen molar-refractivity contribution >= 4 is 50.4 Å². The van der Waals surface area contributed by atoms with Gasteiger partial charge in [0, 0.05) is 9.89 Å². The second kappa shape index (κ2) is 8.85. The van der Waals surface area contributed by atoms with E-state index in [4.69, 9.17) is 4.74 Å². The standard InChI is InChI=1S/C18H24BrNO4S/c1-11-7-8-13(19)12(2)16(11)20(9-15(22)24-6)14(21)10-25-17(23)18(3,4)5/h7-8H,9-10H2,1-6H3. The van der Waals surface area contributed by atoms with Crippen LogP contribution >= 0.6 is 27.7 Å². The molecule has 0 unspecified atom stereocenters. The molecule has 138 valence electrons. The predicted molar refractivity (Wildman–Crippen MR) is 105 cm³/mol. The van der Waals surface area contributed by atoms with E-state index in [0.717, 1.165) is 27.4 Å². The number of methoxy groups -OCH3 is 1. The van der Waals surface area contributed by atoms with Gasteiger partial charge in [0.05, 0.1) is 18.6 Å². The van der Waals surface area contributed by atoms with Gasteiger partial charge in [0.2, 0.25) is 5.91 Å². The highest BCUT2D eigenvalue weighted by molar-refractivity contribution is 9.10. The smallest absolute Gasteiger partial charge is 0.325 e. The Bertz CT molecular complexity index is 682. The van der Waals surface area contributed by atoms with Crippen LogP contribution in [0.2, 0.25) is 0 Å². The fraction of sp³-hybridized carbons (Fsp3) is 0.500. The minimum absolute atomic E-state index is 0.0293. The van der Waals surface area contributed by atoms with E-state index in [9.17, 15) is 14.4 Å². The van der Waals surface area contributed by atoms with E-state index in [1.54, 1.807) is 0 Å². The third kappa shape index (κ3) is 5.85. The van der Waals surface area contributed by atoms with Crippen molar-refractivity contribution in [1.29, 1.82) is 0 Å². The van der Waals surface area contributed by atoms with E-state index in [0.29, 0.717) is 5.69 Å². The summed E-state index contributed by atoms with van der Waals surface area (Å²) in [6.45, 7) is 8.97. The number of amides is 1. The Kier molecular flexibility index (Phi) is 7.68. The molecule has 0 N–H and O–H groups in total. The maximum absolute atomic E-state index is 12.8. The Labute approximate surface area is 161 Å². The van der Waals surface area contributed by atoms with Gasteiger partial charge in [-0.15, -0.1) is 0 Å². The minimum atomic E-state index is -0.528. The summed E-state index contributed by atoms with van der Waals surface area (Å²) in [5, 5.41) is -0.0680. The lowest BCUT2D eigenvalue weighted by atomic mass is 10.00. The highest BCUT2D eigenvalue weighted by atomic mass is 79.9. The summed E-state index contributed by atoms with van der Waals surface area (Å²) in [5.41, 5.74) is 1.85. The highest BCUT2D eigenvalue weighted by Gasteiger charge is 2.27. The fourth-order valence-electron chi connectivity index (χ4n) is 2.13. The van der Waals surface area contributed by atoms with Crippen LogP contribution in [0.3, 0.4) is 0 Å². The molecule has 0 bridgehead atoms. The van der Waals surface area contributed by atoms with E-state index < -0.39 is 11.4 Å². The number of anilines is 1. The van der Waals surface area contributed by atoms with Gasteiger partial charge in [-0.2, -0.15) is 0 Å². The number of rotatable bonds is 5. The lowest BCUT2D eigenvalue weighted by Gasteiger charge is -2.26. The topological polar surface area (TPSA) is 63.7 Å². The van der Waals surface area contributed by atoms with Gasteiger partial charge in [-0.1, -0.05) is 54.5 Å². The number of hydrogen-bond donors (Lipinski definition) is 0. The van der Waals surface area contributed by atoms with Gasteiger partial charge in [-0.25, -0.2) is 0 Å². The average molecular weight is 430 g/mol. The SMILES string of the molecule is COC(=O)CN(C(=O)CSC(=O)C(C)(C)C)c1c(C)ccc(Br)c1C. The first kappa shape index (κ1) is 21.7. The number of carbonyl (C=O) groups is 3. The molecular weight excluding hydrogens is 406 g/mol. The first-order chi connectivity index (χ1) is 11.5. The maximum atomic E-state index is 12.8. The Morgan fingerprint density at radius 1 is 1.20 bits per heavy atom. The van der Waals surface area contributed by atoms with Gasteiger partial charge in [0.15, 0.2) is 5.12 Å². The molecule has 0 aliphatic heterocycles. The number of ether oxygens (including phenoxy) is 1. The molecule has 0 radical (unpaired) electrons. The summed E-state index contributed by atoms with van der Waals surface area (Å²) < 4.78 is 5.57.